The molecule has 20 heavy (non-hydrogen) atoms. The summed E-state index contributed by atoms with van der Waals surface area (Å²) in [6, 6.07) is 5.30. The van der Waals surface area contributed by atoms with Gasteiger partial charge in [0.2, 0.25) is 0 Å². The number of nitrogens with one attached hydrogen (secondary N) is 1. The van der Waals surface area contributed by atoms with E-state index in [1.807, 2.05) is 14.1 Å². The van der Waals surface area contributed by atoms with Crippen molar-refractivity contribution in [1.82, 2.24) is 10.2 Å². The maximum absolute atomic E-state index is 9.88. The minimum atomic E-state index is -0.602. The number of nitrogens with zero attached hydrogens (tertiary/aromatic N) is 1. The molecule has 0 spiro atoms. The smallest absolute Gasteiger partial charge is 0.139 e. The van der Waals surface area contributed by atoms with Gasteiger partial charge in [-0.3, -0.25) is 0 Å². The van der Waals surface area contributed by atoms with E-state index in [1.165, 1.54) is 0 Å². The Morgan fingerprint density at radius 3 is 2.70 bits per heavy atom. The predicted octanol–water partition coefficient (Wildman–Crippen LogP) is 2.27. The number of likely N-dealkylation sites (N-methyl/N-ethyl adjacent to an activating group) is 1. The van der Waals surface area contributed by atoms with Crippen LogP contribution in [0.4, 0.5) is 0 Å². The zero-order chi connectivity index (χ0) is 15.1. The molecule has 0 saturated carbocycles. The second-order valence-corrected chi connectivity index (χ2v) is 5.95. The highest BCUT2D eigenvalue weighted by molar-refractivity contribution is 6.34. The first-order valence-electron chi connectivity index (χ1n) is 6.52. The Labute approximate surface area is 130 Å². The van der Waals surface area contributed by atoms with Crippen molar-refractivity contribution < 1.29 is 9.84 Å². The van der Waals surface area contributed by atoms with Crippen molar-refractivity contribution in [3.8, 4) is 5.75 Å². The second kappa shape index (κ2) is 8.70. The number of rotatable bonds is 8. The summed E-state index contributed by atoms with van der Waals surface area (Å²) in [5.41, 5.74) is 0. The monoisotopic (exact) mass is 320 g/mol. The van der Waals surface area contributed by atoms with Crippen molar-refractivity contribution in [2.24, 2.45) is 0 Å². The van der Waals surface area contributed by atoms with E-state index in [2.05, 4.69) is 17.1 Å². The van der Waals surface area contributed by atoms with E-state index in [-0.39, 0.29) is 6.61 Å². The first-order chi connectivity index (χ1) is 9.38. The highest BCUT2D eigenvalue weighted by atomic mass is 35.5. The summed E-state index contributed by atoms with van der Waals surface area (Å²) in [7, 11) is 4.03. The summed E-state index contributed by atoms with van der Waals surface area (Å²) in [6.45, 7) is 3.62. The van der Waals surface area contributed by atoms with Crippen LogP contribution in [0.15, 0.2) is 18.2 Å². The van der Waals surface area contributed by atoms with Crippen LogP contribution >= 0.6 is 23.2 Å². The van der Waals surface area contributed by atoms with Gasteiger partial charge in [0.15, 0.2) is 0 Å². The fourth-order valence-electron chi connectivity index (χ4n) is 1.78. The zero-order valence-corrected chi connectivity index (χ0v) is 13.6. The van der Waals surface area contributed by atoms with Gasteiger partial charge in [-0.25, -0.2) is 0 Å². The van der Waals surface area contributed by atoms with E-state index in [4.69, 9.17) is 27.9 Å². The van der Waals surface area contributed by atoms with Gasteiger partial charge in [-0.15, -0.1) is 0 Å². The van der Waals surface area contributed by atoms with Gasteiger partial charge >= 0.3 is 0 Å². The highest BCUT2D eigenvalue weighted by Crippen LogP contribution is 2.27. The Morgan fingerprint density at radius 1 is 1.35 bits per heavy atom. The number of aliphatic hydroxyl groups is 1. The standard InChI is InChI=1S/C14H22Cl2N2O2/c1-10(8-18(2)3)17-7-12(19)9-20-14-6-11(15)4-5-13(14)16/h4-6,10,12,17,19H,7-9H2,1-3H3. The first-order valence-corrected chi connectivity index (χ1v) is 7.28. The van der Waals surface area contributed by atoms with E-state index in [9.17, 15) is 5.11 Å². The number of benzene rings is 1. The van der Waals surface area contributed by atoms with Crippen LogP contribution in [0.1, 0.15) is 6.92 Å². The third-order valence-electron chi connectivity index (χ3n) is 2.67. The molecule has 0 amide bonds. The van der Waals surface area contributed by atoms with Crippen LogP contribution in [0, 0.1) is 0 Å². The maximum atomic E-state index is 9.88. The summed E-state index contributed by atoms with van der Waals surface area (Å²) in [5.74, 6) is 0.486. The number of ether oxygens (including phenoxy) is 1. The molecule has 2 atom stereocenters. The molecule has 0 aromatic heterocycles. The SMILES string of the molecule is CC(CN(C)C)NCC(O)COc1cc(Cl)ccc1Cl. The number of aliphatic hydroxyl groups excluding tert-OH is 1. The molecule has 0 bridgehead atoms. The molecule has 4 nitrogen and oxygen atoms in total. The minimum Gasteiger partial charge on any atom is -0.489 e. The van der Waals surface area contributed by atoms with Crippen molar-refractivity contribution in [3.63, 3.8) is 0 Å². The van der Waals surface area contributed by atoms with Crippen molar-refractivity contribution in [2.45, 2.75) is 19.1 Å². The molecule has 2 N–H and O–H groups in total. The zero-order valence-electron chi connectivity index (χ0n) is 12.1. The van der Waals surface area contributed by atoms with Gasteiger partial charge in [0.25, 0.3) is 0 Å². The molecule has 0 aliphatic carbocycles. The van der Waals surface area contributed by atoms with Gasteiger partial charge in [-0.2, -0.15) is 0 Å². The molecule has 1 aromatic rings. The predicted molar refractivity (Wildman–Crippen MR) is 84.0 cm³/mol. The van der Waals surface area contributed by atoms with Gasteiger partial charge < -0.3 is 20.1 Å². The molecule has 1 rings (SSSR count). The normalized spacial score (nSPS) is 14.3. The van der Waals surface area contributed by atoms with Gasteiger partial charge in [0, 0.05) is 30.2 Å². The van der Waals surface area contributed by atoms with Gasteiger partial charge in [0.05, 0.1) is 5.02 Å². The maximum Gasteiger partial charge on any atom is 0.139 e. The third kappa shape index (κ3) is 6.77. The van der Waals surface area contributed by atoms with Crippen molar-refractivity contribution >= 4 is 23.2 Å². The van der Waals surface area contributed by atoms with Crippen molar-refractivity contribution in [2.75, 3.05) is 33.8 Å². The van der Waals surface area contributed by atoms with Gasteiger partial charge in [-0.1, -0.05) is 23.2 Å². The molecule has 0 saturated heterocycles. The van der Waals surface area contributed by atoms with Crippen LogP contribution in [-0.2, 0) is 0 Å². The Balaban J connectivity index is 2.32. The van der Waals surface area contributed by atoms with E-state index in [0.717, 1.165) is 6.54 Å². The average Bonchev–Trinajstić information content (AvgIpc) is 2.36. The lowest BCUT2D eigenvalue weighted by molar-refractivity contribution is 0.103. The quantitative estimate of drug-likeness (QED) is 0.771. The van der Waals surface area contributed by atoms with E-state index in [0.29, 0.717) is 28.4 Å². The van der Waals surface area contributed by atoms with Gasteiger partial charge in [0.1, 0.15) is 18.5 Å². The molecule has 2 unspecified atom stereocenters. The van der Waals surface area contributed by atoms with Crippen LogP contribution in [0.5, 0.6) is 5.75 Å². The molecule has 0 aliphatic rings. The largest absolute Gasteiger partial charge is 0.489 e. The van der Waals surface area contributed by atoms with E-state index in [1.54, 1.807) is 18.2 Å². The Bertz CT molecular complexity index is 416. The topological polar surface area (TPSA) is 44.7 Å². The summed E-state index contributed by atoms with van der Waals surface area (Å²) in [4.78, 5) is 2.09. The van der Waals surface area contributed by atoms with Crippen molar-refractivity contribution in [1.29, 1.82) is 0 Å². The van der Waals surface area contributed by atoms with Crippen molar-refractivity contribution in [3.05, 3.63) is 28.2 Å². The Kier molecular flexibility index (Phi) is 7.62. The highest BCUT2D eigenvalue weighted by Gasteiger charge is 2.10. The number of hydrogen-bond donors (Lipinski definition) is 2. The summed E-state index contributed by atoms with van der Waals surface area (Å²) in [5, 5.41) is 14.2. The Morgan fingerprint density at radius 2 is 2.05 bits per heavy atom. The Hall–Kier alpha value is -0.520. The molecule has 1 aromatic carbocycles. The lowest BCUT2D eigenvalue weighted by atomic mass is 10.3. The van der Waals surface area contributed by atoms with Crippen LogP contribution in [-0.4, -0.2) is 55.9 Å². The van der Waals surface area contributed by atoms with Crippen LogP contribution < -0.4 is 10.1 Å². The summed E-state index contributed by atoms with van der Waals surface area (Å²) < 4.78 is 5.48. The molecule has 114 valence electrons. The fraction of sp³-hybridized carbons (Fsp3) is 0.571. The fourth-order valence-corrected chi connectivity index (χ4v) is 2.12. The molecular formula is C14H22Cl2N2O2. The van der Waals surface area contributed by atoms with Crippen LogP contribution in [0.3, 0.4) is 0 Å². The number of hydrogen-bond acceptors (Lipinski definition) is 4. The molecule has 0 heterocycles. The lowest BCUT2D eigenvalue weighted by Gasteiger charge is -2.20. The molecule has 0 radical (unpaired) electrons. The lowest BCUT2D eigenvalue weighted by Crippen LogP contribution is -2.41. The summed E-state index contributed by atoms with van der Waals surface area (Å²) >= 11 is 11.8. The first kappa shape index (κ1) is 17.5. The second-order valence-electron chi connectivity index (χ2n) is 5.11. The minimum absolute atomic E-state index is 0.168. The van der Waals surface area contributed by atoms with Crippen LogP contribution in [0.2, 0.25) is 10.0 Å². The molecule has 0 aliphatic heterocycles. The molecule has 0 fully saturated rings. The van der Waals surface area contributed by atoms with Crippen LogP contribution in [0.25, 0.3) is 0 Å². The van der Waals surface area contributed by atoms with E-state index < -0.39 is 6.10 Å². The van der Waals surface area contributed by atoms with E-state index >= 15 is 0 Å². The molecule has 6 heteroatoms. The van der Waals surface area contributed by atoms with Gasteiger partial charge in [-0.05, 0) is 33.2 Å². The summed E-state index contributed by atoms with van der Waals surface area (Å²) in [6.07, 6.45) is -0.602. The third-order valence-corrected chi connectivity index (χ3v) is 3.21. The molecular weight excluding hydrogens is 299 g/mol. The number of halogens is 2. The average molecular weight is 321 g/mol.